The lowest BCUT2D eigenvalue weighted by molar-refractivity contribution is -0.385. The molecule has 1 saturated carbocycles. The molecule has 0 atom stereocenters. The molecule has 5 nitrogen and oxygen atoms in total. The quantitative estimate of drug-likeness (QED) is 0.582. The largest absolute Gasteiger partial charge is 0.355 e. The monoisotopic (exact) mass is 402 g/mol. The summed E-state index contributed by atoms with van der Waals surface area (Å²) < 4.78 is 1.03. The summed E-state index contributed by atoms with van der Waals surface area (Å²) in [5, 5.41) is 14.0. The van der Waals surface area contributed by atoms with Crippen LogP contribution in [0, 0.1) is 10.1 Å². The van der Waals surface area contributed by atoms with E-state index in [1.54, 1.807) is 18.2 Å². The molecule has 1 amide bonds. The summed E-state index contributed by atoms with van der Waals surface area (Å²) in [4.78, 5) is 22.9. The van der Waals surface area contributed by atoms with E-state index in [4.69, 9.17) is 0 Å². The van der Waals surface area contributed by atoms with Crippen LogP contribution >= 0.6 is 15.9 Å². The topological polar surface area (TPSA) is 72.2 Å². The van der Waals surface area contributed by atoms with E-state index in [-0.39, 0.29) is 23.4 Å². The van der Waals surface area contributed by atoms with E-state index >= 15 is 0 Å². The van der Waals surface area contributed by atoms with Gasteiger partial charge in [-0.15, -0.1) is 0 Å². The lowest BCUT2D eigenvalue weighted by Crippen LogP contribution is -2.46. The van der Waals surface area contributed by atoms with Gasteiger partial charge in [-0.1, -0.05) is 52.7 Å². The molecule has 0 saturated heterocycles. The number of halogens is 1. The first-order chi connectivity index (χ1) is 12.0. The van der Waals surface area contributed by atoms with E-state index in [2.05, 4.69) is 33.4 Å². The number of carbonyl (C=O) groups is 1. The van der Waals surface area contributed by atoms with Gasteiger partial charge in [0.2, 0.25) is 5.91 Å². The van der Waals surface area contributed by atoms with E-state index < -0.39 is 4.92 Å². The van der Waals surface area contributed by atoms with Crippen LogP contribution in [0.4, 0.5) is 5.69 Å². The normalized spacial score (nSPS) is 15.2. The number of benzene rings is 2. The molecule has 0 bridgehead atoms. The third-order valence-electron chi connectivity index (χ3n) is 4.91. The molecule has 1 aliphatic rings. The van der Waals surface area contributed by atoms with Crippen LogP contribution in [-0.4, -0.2) is 17.4 Å². The average Bonchev–Trinajstić information content (AvgIpc) is 2.54. The Kier molecular flexibility index (Phi) is 5.18. The van der Waals surface area contributed by atoms with E-state index in [0.717, 1.165) is 23.7 Å². The van der Waals surface area contributed by atoms with Crippen LogP contribution in [0.3, 0.4) is 0 Å². The molecule has 0 aromatic heterocycles. The van der Waals surface area contributed by atoms with Gasteiger partial charge in [-0.25, -0.2) is 0 Å². The molecule has 2 aromatic rings. The molecular weight excluding hydrogens is 384 g/mol. The molecule has 0 radical (unpaired) electrons. The highest BCUT2D eigenvalue weighted by atomic mass is 79.9. The van der Waals surface area contributed by atoms with Crippen molar-refractivity contribution in [1.82, 2.24) is 5.32 Å². The summed E-state index contributed by atoms with van der Waals surface area (Å²) in [7, 11) is 0. The maximum atomic E-state index is 12.3. The van der Waals surface area contributed by atoms with Crippen LogP contribution in [0.25, 0.3) is 0 Å². The zero-order valence-corrected chi connectivity index (χ0v) is 15.3. The van der Waals surface area contributed by atoms with Crippen LogP contribution in [0.5, 0.6) is 0 Å². The van der Waals surface area contributed by atoms with Crippen molar-refractivity contribution < 1.29 is 9.72 Å². The summed E-state index contributed by atoms with van der Waals surface area (Å²) in [6.45, 7) is 0.558. The van der Waals surface area contributed by atoms with Crippen molar-refractivity contribution in [2.45, 2.75) is 31.1 Å². The SMILES string of the molecule is O=C(Cc1ccccc1[N+](=O)[O-])NCC1(c2cccc(Br)c2)CCC1. The fraction of sp³-hybridized carbons (Fsp3) is 0.316. The van der Waals surface area contributed by atoms with Gasteiger partial charge in [0.1, 0.15) is 0 Å². The maximum Gasteiger partial charge on any atom is 0.273 e. The fourth-order valence-corrected chi connectivity index (χ4v) is 3.73. The predicted octanol–water partition coefficient (Wildman–Crippen LogP) is 4.14. The molecule has 0 heterocycles. The summed E-state index contributed by atoms with van der Waals surface area (Å²) in [5.41, 5.74) is 1.62. The van der Waals surface area contributed by atoms with Crippen molar-refractivity contribution in [2.24, 2.45) is 0 Å². The molecule has 0 aliphatic heterocycles. The predicted molar refractivity (Wildman–Crippen MR) is 99.5 cm³/mol. The van der Waals surface area contributed by atoms with Crippen molar-refractivity contribution >= 4 is 27.5 Å². The number of hydrogen-bond acceptors (Lipinski definition) is 3. The number of hydrogen-bond donors (Lipinski definition) is 1. The van der Waals surface area contributed by atoms with Crippen LogP contribution in [0.2, 0.25) is 0 Å². The number of nitro benzene ring substituents is 1. The second-order valence-corrected chi connectivity index (χ2v) is 7.40. The standard InChI is InChI=1S/C19H19BrN2O3/c20-16-7-3-6-15(12-16)19(9-4-10-19)13-21-18(23)11-14-5-1-2-8-17(14)22(24)25/h1-3,5-8,12H,4,9-11,13H2,(H,21,23). The third kappa shape index (κ3) is 3.90. The van der Waals surface area contributed by atoms with Gasteiger partial charge in [0.25, 0.3) is 5.69 Å². The molecule has 1 aliphatic carbocycles. The molecule has 0 unspecified atom stereocenters. The zero-order chi connectivity index (χ0) is 17.9. The highest BCUT2D eigenvalue weighted by Gasteiger charge is 2.38. The van der Waals surface area contributed by atoms with Crippen LogP contribution < -0.4 is 5.32 Å². The third-order valence-corrected chi connectivity index (χ3v) is 5.40. The number of nitrogens with zero attached hydrogens (tertiary/aromatic N) is 1. The van der Waals surface area contributed by atoms with Crippen LogP contribution in [0.15, 0.2) is 53.0 Å². The zero-order valence-electron chi connectivity index (χ0n) is 13.7. The Morgan fingerprint density at radius 1 is 1.20 bits per heavy atom. The van der Waals surface area contributed by atoms with Crippen molar-refractivity contribution in [3.8, 4) is 0 Å². The Labute approximate surface area is 154 Å². The smallest absolute Gasteiger partial charge is 0.273 e. The van der Waals surface area contributed by atoms with Gasteiger partial charge >= 0.3 is 0 Å². The van der Waals surface area contributed by atoms with Gasteiger partial charge in [0.05, 0.1) is 11.3 Å². The van der Waals surface area contributed by atoms with Crippen molar-refractivity contribution in [1.29, 1.82) is 0 Å². The van der Waals surface area contributed by atoms with Gasteiger partial charge in [0, 0.05) is 28.1 Å². The molecule has 0 spiro atoms. The molecule has 6 heteroatoms. The molecule has 2 aromatic carbocycles. The highest BCUT2D eigenvalue weighted by molar-refractivity contribution is 9.10. The first-order valence-electron chi connectivity index (χ1n) is 8.25. The molecule has 3 rings (SSSR count). The lowest BCUT2D eigenvalue weighted by Gasteiger charge is -2.42. The fourth-order valence-electron chi connectivity index (χ4n) is 3.33. The Morgan fingerprint density at radius 3 is 2.60 bits per heavy atom. The maximum absolute atomic E-state index is 12.3. The number of nitrogens with one attached hydrogen (secondary N) is 1. The van der Waals surface area contributed by atoms with E-state index in [0.29, 0.717) is 12.1 Å². The van der Waals surface area contributed by atoms with E-state index in [9.17, 15) is 14.9 Å². The Hall–Kier alpha value is -2.21. The molecular formula is C19H19BrN2O3. The second-order valence-electron chi connectivity index (χ2n) is 6.48. The molecule has 25 heavy (non-hydrogen) atoms. The van der Waals surface area contributed by atoms with Crippen LogP contribution in [0.1, 0.15) is 30.4 Å². The molecule has 1 fully saturated rings. The number of para-hydroxylation sites is 1. The minimum absolute atomic E-state index is 0.0111. The summed E-state index contributed by atoms with van der Waals surface area (Å²) in [6, 6.07) is 14.6. The number of nitro groups is 1. The van der Waals surface area contributed by atoms with E-state index in [1.165, 1.54) is 11.6 Å². The highest BCUT2D eigenvalue weighted by Crippen LogP contribution is 2.43. The summed E-state index contributed by atoms with van der Waals surface area (Å²) in [6.07, 6.45) is 3.24. The Balaban J connectivity index is 1.67. The summed E-state index contributed by atoms with van der Waals surface area (Å²) >= 11 is 3.50. The summed E-state index contributed by atoms with van der Waals surface area (Å²) in [5.74, 6) is -0.185. The van der Waals surface area contributed by atoms with Gasteiger partial charge < -0.3 is 5.32 Å². The first kappa shape index (κ1) is 17.6. The Morgan fingerprint density at radius 2 is 1.96 bits per heavy atom. The van der Waals surface area contributed by atoms with Crippen molar-refractivity contribution in [3.05, 3.63) is 74.2 Å². The van der Waals surface area contributed by atoms with Gasteiger partial charge in [-0.05, 0) is 30.5 Å². The number of rotatable bonds is 6. The molecule has 130 valence electrons. The number of carbonyl (C=O) groups excluding carboxylic acids is 1. The minimum atomic E-state index is -0.447. The first-order valence-corrected chi connectivity index (χ1v) is 9.04. The van der Waals surface area contributed by atoms with Crippen molar-refractivity contribution in [2.75, 3.05) is 6.54 Å². The number of amides is 1. The van der Waals surface area contributed by atoms with Gasteiger partial charge in [0.15, 0.2) is 0 Å². The second kappa shape index (κ2) is 7.35. The van der Waals surface area contributed by atoms with Gasteiger partial charge in [-0.3, -0.25) is 14.9 Å². The van der Waals surface area contributed by atoms with Crippen LogP contribution in [-0.2, 0) is 16.6 Å². The van der Waals surface area contributed by atoms with E-state index in [1.807, 2.05) is 12.1 Å². The minimum Gasteiger partial charge on any atom is -0.355 e. The van der Waals surface area contributed by atoms with Crippen molar-refractivity contribution in [3.63, 3.8) is 0 Å². The van der Waals surface area contributed by atoms with Gasteiger partial charge in [-0.2, -0.15) is 0 Å². The molecule has 1 N–H and O–H groups in total. The Bertz CT molecular complexity index is 803. The average molecular weight is 403 g/mol. The lowest BCUT2D eigenvalue weighted by atomic mass is 9.64.